The average molecular weight is 559 g/mol. The minimum Gasteiger partial charge on any atom is -0.496 e. The highest BCUT2D eigenvalue weighted by Gasteiger charge is 2.32. The number of ether oxygens (including phenoxy) is 4. The number of amides is 2. The van der Waals surface area contributed by atoms with Gasteiger partial charge in [-0.05, 0) is 44.3 Å². The number of allylic oxidation sites excluding steroid dienone is 4. The highest BCUT2D eigenvalue weighted by atomic mass is 16.6. The van der Waals surface area contributed by atoms with Gasteiger partial charge in [-0.2, -0.15) is 0 Å². The van der Waals surface area contributed by atoms with Gasteiger partial charge in [0.05, 0.1) is 25.0 Å². The molecule has 2 amide bonds. The minimum absolute atomic E-state index is 0.0918. The maximum atomic E-state index is 13.4. The molecule has 0 saturated carbocycles. The van der Waals surface area contributed by atoms with Crippen molar-refractivity contribution in [3.05, 3.63) is 70.7 Å². The number of ketones is 1. The topological polar surface area (TPSA) is 146 Å². The molecule has 10 nitrogen and oxygen atoms in total. The van der Waals surface area contributed by atoms with Gasteiger partial charge in [0.25, 0.3) is 5.91 Å². The number of aliphatic hydroxyl groups excluding tert-OH is 1. The first-order chi connectivity index (χ1) is 18.8. The zero-order valence-electron chi connectivity index (χ0n) is 24.4. The Balaban J connectivity index is 2.60. The molecule has 1 heterocycles. The van der Waals surface area contributed by atoms with E-state index in [9.17, 15) is 19.5 Å². The van der Waals surface area contributed by atoms with Gasteiger partial charge in [-0.1, -0.05) is 44.7 Å². The molecule has 10 heteroatoms. The number of primary amides is 1. The normalized spacial score (nSPS) is 32.7. The Morgan fingerprint density at radius 2 is 1.82 bits per heavy atom. The van der Waals surface area contributed by atoms with Gasteiger partial charge in [-0.3, -0.25) is 9.59 Å². The van der Waals surface area contributed by atoms with Crippen LogP contribution in [0.3, 0.4) is 0 Å². The Kier molecular flexibility index (Phi) is 12.1. The van der Waals surface area contributed by atoms with E-state index in [0.29, 0.717) is 40.9 Å². The Hall–Kier alpha value is -3.47. The largest absolute Gasteiger partial charge is 0.496 e. The number of carbonyl (C=O) groups excluding carboxylic acids is 3. The lowest BCUT2D eigenvalue weighted by Gasteiger charge is -2.30. The number of nitrogens with two attached hydrogens (primary N) is 1. The van der Waals surface area contributed by atoms with Gasteiger partial charge in [0.1, 0.15) is 11.9 Å². The number of aliphatic hydroxyl groups is 1. The molecule has 2 bridgehead atoms. The van der Waals surface area contributed by atoms with Crippen LogP contribution in [0.25, 0.3) is 0 Å². The first kappa shape index (κ1) is 32.7. The zero-order valence-corrected chi connectivity index (χ0v) is 24.4. The Bertz CT molecular complexity index is 1150. The van der Waals surface area contributed by atoms with Crippen molar-refractivity contribution in [2.45, 2.75) is 65.0 Å². The standard InChI is InChI=1S/C30H42N2O8/c1-16-12-21-26(34)22(15-20(5)27(21)39-8)32-29(35)17(2)10-9-11-23(37-6)28(40-30(31)36)19(4)14-18(3)25(33)24(13-16)38-7/h9-11,14-16,18,23-25,28,33H,5,12-13H2,1-4,6-8H3,(H2,31,36)(H,32,35)/b11-9-,17-10+,19-14+/t16-,18+,23?,24?,25-,28?/m1/s1. The van der Waals surface area contributed by atoms with Gasteiger partial charge < -0.3 is 35.1 Å². The fraction of sp³-hybridized carbons (Fsp3) is 0.500. The van der Waals surface area contributed by atoms with Crippen molar-refractivity contribution in [2.75, 3.05) is 21.3 Å². The lowest BCUT2D eigenvalue weighted by atomic mass is 9.85. The fourth-order valence-electron chi connectivity index (χ4n) is 4.90. The van der Waals surface area contributed by atoms with Crippen LogP contribution in [-0.4, -0.2) is 68.6 Å². The molecule has 0 radical (unpaired) electrons. The molecule has 40 heavy (non-hydrogen) atoms. The van der Waals surface area contributed by atoms with Crippen molar-refractivity contribution in [2.24, 2.45) is 17.6 Å². The molecule has 0 saturated heterocycles. The molecule has 1 aliphatic carbocycles. The monoisotopic (exact) mass is 558 g/mol. The van der Waals surface area contributed by atoms with Gasteiger partial charge >= 0.3 is 6.09 Å². The maximum Gasteiger partial charge on any atom is 0.405 e. The quantitative estimate of drug-likeness (QED) is 0.445. The van der Waals surface area contributed by atoms with Crippen LogP contribution in [0.2, 0.25) is 0 Å². The molecule has 0 aromatic rings. The predicted octanol–water partition coefficient (Wildman–Crippen LogP) is 3.40. The van der Waals surface area contributed by atoms with Crippen LogP contribution in [0.4, 0.5) is 4.79 Å². The first-order valence-corrected chi connectivity index (χ1v) is 13.1. The lowest BCUT2D eigenvalue weighted by molar-refractivity contribution is -0.119. The van der Waals surface area contributed by atoms with E-state index in [4.69, 9.17) is 24.7 Å². The zero-order chi connectivity index (χ0) is 30.1. The summed E-state index contributed by atoms with van der Waals surface area (Å²) in [6.45, 7) is 11.1. The SMILES string of the molecule is C=C1C=C2NC(=O)/C(C)=C/C=C\C(OC)C(OC(N)=O)/C(C)=C/[C@H](C)[C@@H](O)C(OC)C[C@H](C)CC(=C1OC)C2=O. The summed E-state index contributed by atoms with van der Waals surface area (Å²) in [5.41, 5.74) is 7.22. The van der Waals surface area contributed by atoms with Gasteiger partial charge in [-0.25, -0.2) is 4.79 Å². The van der Waals surface area contributed by atoms with E-state index in [1.54, 1.807) is 38.2 Å². The molecule has 4 N–H and O–H groups in total. The van der Waals surface area contributed by atoms with E-state index >= 15 is 0 Å². The number of carbonyl (C=O) groups is 3. The van der Waals surface area contributed by atoms with E-state index in [0.717, 1.165) is 0 Å². The van der Waals surface area contributed by atoms with E-state index < -0.39 is 42.3 Å². The molecule has 3 unspecified atom stereocenters. The summed E-state index contributed by atoms with van der Waals surface area (Å²) in [7, 11) is 4.44. The Morgan fingerprint density at radius 3 is 2.40 bits per heavy atom. The van der Waals surface area contributed by atoms with Crippen LogP contribution >= 0.6 is 0 Å². The number of hydrogen-bond donors (Lipinski definition) is 3. The number of hydrogen-bond acceptors (Lipinski definition) is 8. The molecule has 0 spiro atoms. The second-order valence-electron chi connectivity index (χ2n) is 10.3. The van der Waals surface area contributed by atoms with Crippen molar-refractivity contribution >= 4 is 17.8 Å². The van der Waals surface area contributed by atoms with Gasteiger partial charge in [-0.15, -0.1) is 0 Å². The third-order valence-corrected chi connectivity index (χ3v) is 7.06. The molecular weight excluding hydrogens is 516 g/mol. The average Bonchev–Trinajstić information content (AvgIpc) is 2.90. The summed E-state index contributed by atoms with van der Waals surface area (Å²) in [6, 6.07) is 0. The highest BCUT2D eigenvalue weighted by molar-refractivity contribution is 6.13. The number of Topliss-reactive ketones (excluding diaryl/α,β-unsaturated/α-hetero) is 1. The third kappa shape index (κ3) is 8.27. The number of rotatable bonds is 4. The van der Waals surface area contributed by atoms with Crippen molar-refractivity contribution in [3.63, 3.8) is 0 Å². The second kappa shape index (κ2) is 14.8. The summed E-state index contributed by atoms with van der Waals surface area (Å²) in [5.74, 6) is -0.986. The summed E-state index contributed by atoms with van der Waals surface area (Å²) in [6.07, 6.45) is 4.68. The summed E-state index contributed by atoms with van der Waals surface area (Å²) in [5, 5.41) is 13.9. The molecule has 0 fully saturated rings. The second-order valence-corrected chi connectivity index (χ2v) is 10.3. The maximum absolute atomic E-state index is 13.4. The van der Waals surface area contributed by atoms with E-state index in [-0.39, 0.29) is 17.4 Å². The van der Waals surface area contributed by atoms with Crippen molar-refractivity contribution in [1.82, 2.24) is 5.32 Å². The minimum atomic E-state index is -0.982. The van der Waals surface area contributed by atoms with Crippen LogP contribution in [0.15, 0.2) is 70.7 Å². The van der Waals surface area contributed by atoms with E-state index in [2.05, 4.69) is 11.9 Å². The Labute approximate surface area is 236 Å². The number of methoxy groups -OCH3 is 3. The van der Waals surface area contributed by atoms with Gasteiger partial charge in [0.15, 0.2) is 6.10 Å². The first-order valence-electron chi connectivity index (χ1n) is 13.1. The number of fused-ring (bicyclic) bond motifs is 2. The molecule has 0 aromatic carbocycles. The Morgan fingerprint density at radius 1 is 1.15 bits per heavy atom. The summed E-state index contributed by atoms with van der Waals surface area (Å²) in [4.78, 5) is 38.1. The molecule has 6 atom stereocenters. The molecular formula is C30H42N2O8. The van der Waals surface area contributed by atoms with Crippen molar-refractivity contribution in [1.29, 1.82) is 0 Å². The van der Waals surface area contributed by atoms with Crippen LogP contribution in [0.1, 0.15) is 40.5 Å². The van der Waals surface area contributed by atoms with Gasteiger partial charge in [0, 0.05) is 36.9 Å². The smallest absolute Gasteiger partial charge is 0.405 e. The summed E-state index contributed by atoms with van der Waals surface area (Å²) < 4.78 is 22.1. The predicted molar refractivity (Wildman–Crippen MR) is 151 cm³/mol. The molecule has 0 aromatic heterocycles. The highest BCUT2D eigenvalue weighted by Crippen LogP contribution is 2.32. The van der Waals surface area contributed by atoms with Crippen LogP contribution in [0.5, 0.6) is 0 Å². The third-order valence-electron chi connectivity index (χ3n) is 7.06. The summed E-state index contributed by atoms with van der Waals surface area (Å²) >= 11 is 0. The lowest BCUT2D eigenvalue weighted by Crippen LogP contribution is -2.37. The van der Waals surface area contributed by atoms with Crippen LogP contribution < -0.4 is 11.1 Å². The van der Waals surface area contributed by atoms with E-state index in [1.165, 1.54) is 27.4 Å². The van der Waals surface area contributed by atoms with E-state index in [1.807, 2.05) is 13.8 Å². The molecule has 220 valence electrons. The molecule has 2 rings (SSSR count). The fourth-order valence-corrected chi connectivity index (χ4v) is 4.90. The molecule has 2 aliphatic rings. The van der Waals surface area contributed by atoms with Crippen molar-refractivity contribution < 1.29 is 38.4 Å². The van der Waals surface area contributed by atoms with Gasteiger partial charge in [0.2, 0.25) is 5.78 Å². The van der Waals surface area contributed by atoms with Crippen LogP contribution in [0, 0.1) is 11.8 Å². The van der Waals surface area contributed by atoms with Crippen LogP contribution in [-0.2, 0) is 28.5 Å². The number of nitrogens with one attached hydrogen (secondary N) is 1. The molecule has 1 aliphatic heterocycles. The van der Waals surface area contributed by atoms with Crippen molar-refractivity contribution in [3.8, 4) is 0 Å².